The fraction of sp³-hybridized carbons (Fsp3) is 0.667. The smallest absolute Gasteiger partial charge is 0.337 e. The van der Waals surface area contributed by atoms with Crippen molar-refractivity contribution in [3.63, 3.8) is 0 Å². The molecule has 0 saturated carbocycles. The molecule has 4 nitrogen and oxygen atoms in total. The zero-order chi connectivity index (χ0) is 10.5. The highest BCUT2D eigenvalue weighted by molar-refractivity contribution is 5.86. The zero-order valence-electron chi connectivity index (χ0n) is 8.54. The van der Waals surface area contributed by atoms with Crippen LogP contribution >= 0.6 is 0 Å². The van der Waals surface area contributed by atoms with Crippen LogP contribution in [0.5, 0.6) is 0 Å². The van der Waals surface area contributed by atoms with E-state index in [2.05, 4.69) is 6.58 Å². The Bertz CT molecular complexity index is 199. The largest absolute Gasteiger partial charge is 0.412 e. The van der Waals surface area contributed by atoms with E-state index in [4.69, 9.17) is 9.84 Å². The molecule has 0 rings (SSSR count). The van der Waals surface area contributed by atoms with Crippen LogP contribution in [0.1, 0.15) is 6.92 Å². The van der Waals surface area contributed by atoms with Gasteiger partial charge in [0.2, 0.25) is 6.73 Å². The third-order valence-electron chi connectivity index (χ3n) is 1.60. The highest BCUT2D eigenvalue weighted by Gasteiger charge is 2.16. The zero-order valence-corrected chi connectivity index (χ0v) is 8.54. The van der Waals surface area contributed by atoms with E-state index in [0.29, 0.717) is 16.6 Å². The number of ether oxygens (including phenoxy) is 1. The molecule has 0 atom stereocenters. The van der Waals surface area contributed by atoms with Gasteiger partial charge < -0.3 is 9.84 Å². The van der Waals surface area contributed by atoms with Gasteiger partial charge in [-0.25, -0.2) is 4.79 Å². The number of esters is 1. The van der Waals surface area contributed by atoms with Gasteiger partial charge in [-0.2, -0.15) is 0 Å². The second-order valence-electron chi connectivity index (χ2n) is 3.72. The molecule has 0 bridgehead atoms. The first kappa shape index (κ1) is 12.1. The van der Waals surface area contributed by atoms with Gasteiger partial charge in [0.25, 0.3) is 0 Å². The van der Waals surface area contributed by atoms with E-state index in [1.54, 1.807) is 6.92 Å². The van der Waals surface area contributed by atoms with Crippen LogP contribution in [-0.4, -0.2) is 49.5 Å². The molecule has 0 saturated heterocycles. The van der Waals surface area contributed by atoms with Gasteiger partial charge >= 0.3 is 5.97 Å². The molecule has 0 unspecified atom stereocenters. The second kappa shape index (κ2) is 4.99. The Balaban J connectivity index is 3.87. The number of quaternary nitrogens is 1. The molecule has 0 spiro atoms. The van der Waals surface area contributed by atoms with Crippen molar-refractivity contribution < 1.29 is 19.1 Å². The van der Waals surface area contributed by atoms with E-state index in [-0.39, 0.29) is 19.3 Å². The number of carbonyl (C=O) groups excluding carboxylic acids is 1. The van der Waals surface area contributed by atoms with Crippen LogP contribution in [0.3, 0.4) is 0 Å². The minimum absolute atomic E-state index is 0.0810. The fourth-order valence-corrected chi connectivity index (χ4v) is 0.692. The van der Waals surface area contributed by atoms with E-state index < -0.39 is 0 Å². The van der Waals surface area contributed by atoms with Crippen LogP contribution in [0, 0.1) is 0 Å². The Hall–Kier alpha value is -0.870. The third kappa shape index (κ3) is 5.38. The van der Waals surface area contributed by atoms with Crippen molar-refractivity contribution in [2.45, 2.75) is 6.92 Å². The predicted octanol–water partition coefficient (Wildman–Crippen LogP) is 0.132. The molecule has 0 aromatic rings. The van der Waals surface area contributed by atoms with Gasteiger partial charge in [-0.1, -0.05) is 6.58 Å². The molecular formula is C9H18NO3+. The van der Waals surface area contributed by atoms with Crippen molar-refractivity contribution in [3.05, 3.63) is 12.2 Å². The molecule has 0 fully saturated rings. The normalized spacial score (nSPS) is 11.1. The molecule has 0 aromatic heterocycles. The molecule has 0 aromatic carbocycles. The lowest BCUT2D eigenvalue weighted by molar-refractivity contribution is -0.907. The van der Waals surface area contributed by atoms with Crippen molar-refractivity contribution >= 4 is 5.97 Å². The monoisotopic (exact) mass is 188 g/mol. The average Bonchev–Trinajstić information content (AvgIpc) is 2.00. The van der Waals surface area contributed by atoms with Crippen LogP contribution < -0.4 is 0 Å². The maximum atomic E-state index is 11.0. The summed E-state index contributed by atoms with van der Waals surface area (Å²) in [5.74, 6) is -0.385. The van der Waals surface area contributed by atoms with Crippen LogP contribution in [0.15, 0.2) is 12.2 Å². The Labute approximate surface area is 79.0 Å². The van der Waals surface area contributed by atoms with Gasteiger partial charge in [-0.05, 0) is 6.92 Å². The number of rotatable bonds is 5. The lowest BCUT2D eigenvalue weighted by atomic mass is 10.4. The molecule has 76 valence electrons. The number of carbonyl (C=O) groups is 1. The van der Waals surface area contributed by atoms with Gasteiger partial charge in [-0.15, -0.1) is 0 Å². The predicted molar refractivity (Wildman–Crippen MR) is 49.8 cm³/mol. The summed E-state index contributed by atoms with van der Waals surface area (Å²) >= 11 is 0. The number of hydrogen-bond acceptors (Lipinski definition) is 3. The number of nitrogens with zero attached hydrogens (tertiary/aromatic N) is 1. The van der Waals surface area contributed by atoms with Crippen LogP contribution in [0.25, 0.3) is 0 Å². The van der Waals surface area contributed by atoms with Gasteiger partial charge in [0.05, 0.1) is 20.7 Å². The van der Waals surface area contributed by atoms with Crippen LogP contribution in [-0.2, 0) is 9.53 Å². The van der Waals surface area contributed by atoms with E-state index in [9.17, 15) is 4.79 Å². The Morgan fingerprint density at radius 2 is 2.08 bits per heavy atom. The number of hydrogen-bond donors (Lipinski definition) is 1. The summed E-state index contributed by atoms with van der Waals surface area (Å²) in [6.07, 6.45) is 0. The highest BCUT2D eigenvalue weighted by Crippen LogP contribution is 1.99. The minimum Gasteiger partial charge on any atom is -0.412 e. The molecule has 0 radical (unpaired) electrons. The first-order valence-corrected chi connectivity index (χ1v) is 4.14. The standard InChI is InChI=1S/C9H18NO3/c1-8(2)9(12)13-7-10(3,4)5-6-11/h11H,1,5-7H2,2-4H3/q+1. The van der Waals surface area contributed by atoms with Crippen LogP contribution in [0.2, 0.25) is 0 Å². The fourth-order valence-electron chi connectivity index (χ4n) is 0.692. The Morgan fingerprint density at radius 1 is 1.54 bits per heavy atom. The molecule has 0 aliphatic rings. The summed E-state index contributed by atoms with van der Waals surface area (Å²) < 4.78 is 5.40. The van der Waals surface area contributed by atoms with Crippen molar-refractivity contribution in [1.82, 2.24) is 0 Å². The Morgan fingerprint density at radius 3 is 2.46 bits per heavy atom. The lowest BCUT2D eigenvalue weighted by Crippen LogP contribution is -2.44. The first-order valence-electron chi connectivity index (χ1n) is 4.14. The molecule has 0 aliphatic carbocycles. The van der Waals surface area contributed by atoms with Gasteiger partial charge in [0.15, 0.2) is 0 Å². The average molecular weight is 188 g/mol. The molecule has 4 heteroatoms. The first-order chi connectivity index (χ1) is 5.89. The second-order valence-corrected chi connectivity index (χ2v) is 3.72. The number of aliphatic hydroxyl groups is 1. The SMILES string of the molecule is C=C(C)C(=O)OC[N+](C)(C)CCO. The molecule has 0 aliphatic heterocycles. The summed E-state index contributed by atoms with van der Waals surface area (Å²) in [6.45, 7) is 5.97. The van der Waals surface area contributed by atoms with Gasteiger partial charge in [-0.3, -0.25) is 4.48 Å². The molecule has 1 N–H and O–H groups in total. The lowest BCUT2D eigenvalue weighted by Gasteiger charge is -2.27. The number of likely N-dealkylation sites (N-methyl/N-ethyl adjacent to an activating group) is 1. The molecular weight excluding hydrogens is 170 g/mol. The molecule has 13 heavy (non-hydrogen) atoms. The van der Waals surface area contributed by atoms with Gasteiger partial charge in [0.1, 0.15) is 6.54 Å². The maximum absolute atomic E-state index is 11.0. The molecule has 0 amide bonds. The van der Waals surface area contributed by atoms with E-state index in [1.807, 2.05) is 14.1 Å². The summed E-state index contributed by atoms with van der Waals surface area (Å²) in [6, 6.07) is 0. The van der Waals surface area contributed by atoms with E-state index >= 15 is 0 Å². The van der Waals surface area contributed by atoms with Crippen molar-refractivity contribution in [2.24, 2.45) is 0 Å². The summed E-state index contributed by atoms with van der Waals surface area (Å²) in [5, 5.41) is 8.70. The van der Waals surface area contributed by atoms with Crippen molar-refractivity contribution in [2.75, 3.05) is 34.0 Å². The maximum Gasteiger partial charge on any atom is 0.337 e. The van der Waals surface area contributed by atoms with Gasteiger partial charge in [0, 0.05) is 5.57 Å². The van der Waals surface area contributed by atoms with E-state index in [0.717, 1.165) is 0 Å². The van der Waals surface area contributed by atoms with E-state index in [1.165, 1.54) is 0 Å². The minimum atomic E-state index is -0.385. The van der Waals surface area contributed by atoms with Crippen LogP contribution in [0.4, 0.5) is 0 Å². The quantitative estimate of drug-likeness (QED) is 0.289. The topological polar surface area (TPSA) is 46.5 Å². The summed E-state index contributed by atoms with van der Waals surface area (Å²) in [5.41, 5.74) is 0.393. The Kier molecular flexibility index (Phi) is 4.66. The van der Waals surface area contributed by atoms with Crippen molar-refractivity contribution in [1.29, 1.82) is 0 Å². The number of aliphatic hydroxyl groups excluding tert-OH is 1. The molecule has 0 heterocycles. The summed E-state index contributed by atoms with van der Waals surface area (Å²) in [7, 11) is 3.75. The third-order valence-corrected chi connectivity index (χ3v) is 1.60. The summed E-state index contributed by atoms with van der Waals surface area (Å²) in [4.78, 5) is 11.0. The van der Waals surface area contributed by atoms with Crippen molar-refractivity contribution in [3.8, 4) is 0 Å². The highest BCUT2D eigenvalue weighted by atomic mass is 16.5.